The zero-order valence-electron chi connectivity index (χ0n) is 16.3. The molecule has 1 aromatic carbocycles. The molecule has 1 saturated heterocycles. The number of nitrogens with zero attached hydrogens (tertiary/aromatic N) is 3. The van der Waals surface area contributed by atoms with E-state index in [4.69, 9.17) is 4.42 Å². The quantitative estimate of drug-likeness (QED) is 0.580. The lowest BCUT2D eigenvalue weighted by Gasteiger charge is -2.28. The summed E-state index contributed by atoms with van der Waals surface area (Å²) in [5.41, 5.74) is 0.845. The van der Waals surface area contributed by atoms with Gasteiger partial charge in [-0.1, -0.05) is 0 Å². The highest BCUT2D eigenvalue weighted by atomic mass is 16.6. The Morgan fingerprint density at radius 2 is 2.04 bits per heavy atom. The van der Waals surface area contributed by atoms with Gasteiger partial charge in [0.05, 0.1) is 17.2 Å². The van der Waals surface area contributed by atoms with E-state index in [-0.39, 0.29) is 23.2 Å². The predicted octanol–water partition coefficient (Wildman–Crippen LogP) is 3.21. The third kappa shape index (κ3) is 4.51. The number of nitro groups is 1. The second-order valence-electron chi connectivity index (χ2n) is 7.21. The Kier molecular flexibility index (Phi) is 6.30. The van der Waals surface area contributed by atoms with E-state index in [0.717, 1.165) is 38.1 Å². The van der Waals surface area contributed by atoms with E-state index in [9.17, 15) is 14.9 Å². The number of carbonyl (C=O) groups excluding carboxylic acids is 1. The fourth-order valence-electron chi connectivity index (χ4n) is 3.52. The van der Waals surface area contributed by atoms with Crippen molar-refractivity contribution in [3.05, 3.63) is 58.0 Å². The van der Waals surface area contributed by atoms with E-state index in [0.29, 0.717) is 12.2 Å². The Hall–Kier alpha value is -2.87. The van der Waals surface area contributed by atoms with Crippen molar-refractivity contribution in [3.8, 4) is 0 Å². The topological polar surface area (TPSA) is 91.9 Å². The molecule has 2 heterocycles. The van der Waals surface area contributed by atoms with E-state index < -0.39 is 4.92 Å². The van der Waals surface area contributed by atoms with Crippen LogP contribution in [0.2, 0.25) is 0 Å². The minimum atomic E-state index is -0.411. The summed E-state index contributed by atoms with van der Waals surface area (Å²) in [6, 6.07) is 8.25. The molecule has 1 N–H and O–H groups in total. The van der Waals surface area contributed by atoms with Crippen LogP contribution in [0.3, 0.4) is 0 Å². The number of rotatable bonds is 7. The van der Waals surface area contributed by atoms with Gasteiger partial charge in [-0.25, -0.2) is 0 Å². The van der Waals surface area contributed by atoms with E-state index in [1.165, 1.54) is 6.07 Å². The number of amides is 1. The van der Waals surface area contributed by atoms with Gasteiger partial charge in [0, 0.05) is 31.3 Å². The molecular formula is C20H26N4O4. The maximum absolute atomic E-state index is 12.6. The van der Waals surface area contributed by atoms with Crippen LogP contribution in [0.1, 0.15) is 41.4 Å². The summed E-state index contributed by atoms with van der Waals surface area (Å²) in [5, 5.41) is 14.4. The summed E-state index contributed by atoms with van der Waals surface area (Å²) < 4.78 is 5.44. The molecule has 0 radical (unpaired) electrons. The van der Waals surface area contributed by atoms with Crippen molar-refractivity contribution < 1.29 is 14.1 Å². The number of hydrogen-bond acceptors (Lipinski definition) is 6. The molecule has 8 heteroatoms. The number of hydrogen-bond donors (Lipinski definition) is 1. The maximum Gasteiger partial charge on any atom is 0.293 e. The molecule has 1 fully saturated rings. The molecule has 8 nitrogen and oxygen atoms in total. The van der Waals surface area contributed by atoms with Gasteiger partial charge in [-0.15, -0.1) is 0 Å². The summed E-state index contributed by atoms with van der Waals surface area (Å²) in [5.74, 6) is 0.406. The molecule has 1 unspecified atom stereocenters. The van der Waals surface area contributed by atoms with Crippen LogP contribution >= 0.6 is 0 Å². The minimum Gasteiger partial charge on any atom is -0.468 e. The van der Waals surface area contributed by atoms with Crippen LogP contribution < -0.4 is 10.2 Å². The zero-order chi connectivity index (χ0) is 20.1. The van der Waals surface area contributed by atoms with Crippen LogP contribution in [0.5, 0.6) is 0 Å². The van der Waals surface area contributed by atoms with Crippen LogP contribution in [0.4, 0.5) is 11.4 Å². The van der Waals surface area contributed by atoms with Crippen LogP contribution in [0.25, 0.3) is 0 Å². The first-order valence-electron chi connectivity index (χ1n) is 9.49. The van der Waals surface area contributed by atoms with Crippen molar-refractivity contribution in [2.75, 3.05) is 38.6 Å². The lowest BCUT2D eigenvalue weighted by Crippen LogP contribution is -2.34. The average molecular weight is 386 g/mol. The summed E-state index contributed by atoms with van der Waals surface area (Å²) in [7, 11) is 3.80. The molecule has 3 rings (SSSR count). The molecule has 0 bridgehead atoms. The standard InChI is InChI=1S/C20H26N4O4/c1-22(2)18(19-7-6-12-28-19)14-21-20(25)15-8-9-16(17(13-15)24(26)27)23-10-4-3-5-11-23/h6-9,12-13,18H,3-5,10-11,14H2,1-2H3,(H,21,25). The fraction of sp³-hybridized carbons (Fsp3) is 0.450. The van der Waals surface area contributed by atoms with Crippen LogP contribution in [0.15, 0.2) is 41.0 Å². The first-order valence-corrected chi connectivity index (χ1v) is 9.49. The monoisotopic (exact) mass is 386 g/mol. The Bertz CT molecular complexity index is 814. The summed E-state index contributed by atoms with van der Waals surface area (Å²) >= 11 is 0. The highest BCUT2D eigenvalue weighted by molar-refractivity contribution is 5.95. The molecule has 1 aliphatic heterocycles. The van der Waals surface area contributed by atoms with Crippen molar-refractivity contribution in [3.63, 3.8) is 0 Å². The Labute approximate surface area is 164 Å². The van der Waals surface area contributed by atoms with Gasteiger partial charge in [0.1, 0.15) is 11.4 Å². The highest BCUT2D eigenvalue weighted by Crippen LogP contribution is 2.31. The first kappa shape index (κ1) is 19.9. The number of anilines is 1. The lowest BCUT2D eigenvalue weighted by atomic mass is 10.1. The molecule has 1 amide bonds. The number of carbonyl (C=O) groups is 1. The Balaban J connectivity index is 1.74. The van der Waals surface area contributed by atoms with Crippen molar-refractivity contribution in [2.24, 2.45) is 0 Å². The summed E-state index contributed by atoms with van der Waals surface area (Å²) in [4.78, 5) is 27.8. The number of nitrogens with one attached hydrogen (secondary N) is 1. The molecule has 2 aromatic rings. The third-order valence-electron chi connectivity index (χ3n) is 5.08. The third-order valence-corrected chi connectivity index (χ3v) is 5.08. The molecule has 0 aliphatic carbocycles. The average Bonchev–Trinajstić information content (AvgIpc) is 3.22. The lowest BCUT2D eigenvalue weighted by molar-refractivity contribution is -0.384. The van der Waals surface area contributed by atoms with Gasteiger partial charge in [0.2, 0.25) is 0 Å². The molecule has 1 aromatic heterocycles. The summed E-state index contributed by atoms with van der Waals surface area (Å²) in [6.07, 6.45) is 4.79. The largest absolute Gasteiger partial charge is 0.468 e. The van der Waals surface area contributed by atoms with Crippen LogP contribution in [0, 0.1) is 10.1 Å². The fourth-order valence-corrected chi connectivity index (χ4v) is 3.52. The van der Waals surface area contributed by atoms with E-state index in [2.05, 4.69) is 5.32 Å². The maximum atomic E-state index is 12.6. The zero-order valence-corrected chi connectivity index (χ0v) is 16.3. The van der Waals surface area contributed by atoms with Gasteiger partial charge in [-0.05, 0) is 57.6 Å². The number of nitro benzene ring substituents is 1. The molecule has 1 aliphatic rings. The highest BCUT2D eigenvalue weighted by Gasteiger charge is 2.24. The molecule has 0 saturated carbocycles. The number of benzene rings is 1. The molecule has 1 atom stereocenters. The van der Waals surface area contributed by atoms with Gasteiger partial charge >= 0.3 is 0 Å². The second-order valence-corrected chi connectivity index (χ2v) is 7.21. The molecule has 0 spiro atoms. The van der Waals surface area contributed by atoms with Gasteiger partial charge in [-0.3, -0.25) is 19.8 Å². The van der Waals surface area contributed by atoms with Gasteiger partial charge in [-0.2, -0.15) is 0 Å². The van der Waals surface area contributed by atoms with E-state index in [1.54, 1.807) is 24.5 Å². The number of furan rings is 1. The van der Waals surface area contributed by atoms with Crippen molar-refractivity contribution in [2.45, 2.75) is 25.3 Å². The minimum absolute atomic E-state index is 0.0234. The molecule has 28 heavy (non-hydrogen) atoms. The second kappa shape index (κ2) is 8.88. The van der Waals surface area contributed by atoms with E-state index >= 15 is 0 Å². The van der Waals surface area contributed by atoms with E-state index in [1.807, 2.05) is 30.0 Å². The molecule has 150 valence electrons. The van der Waals surface area contributed by atoms with Crippen molar-refractivity contribution in [1.29, 1.82) is 0 Å². The van der Waals surface area contributed by atoms with Gasteiger partial charge in [0.25, 0.3) is 11.6 Å². The number of likely N-dealkylation sites (N-methyl/N-ethyl adjacent to an activating group) is 1. The van der Waals surface area contributed by atoms with Crippen LogP contribution in [-0.2, 0) is 0 Å². The summed E-state index contributed by atoms with van der Waals surface area (Å²) in [6.45, 7) is 1.95. The SMILES string of the molecule is CN(C)C(CNC(=O)c1ccc(N2CCCCC2)c([N+](=O)[O-])c1)c1ccco1. The Morgan fingerprint density at radius 1 is 1.29 bits per heavy atom. The predicted molar refractivity (Wildman–Crippen MR) is 107 cm³/mol. The molecular weight excluding hydrogens is 360 g/mol. The first-order chi connectivity index (χ1) is 13.5. The Morgan fingerprint density at radius 3 is 2.64 bits per heavy atom. The smallest absolute Gasteiger partial charge is 0.293 e. The van der Waals surface area contributed by atoms with Crippen molar-refractivity contribution >= 4 is 17.3 Å². The number of piperidine rings is 1. The van der Waals surface area contributed by atoms with Crippen LogP contribution in [-0.4, -0.2) is 49.5 Å². The van der Waals surface area contributed by atoms with Crippen molar-refractivity contribution in [1.82, 2.24) is 10.2 Å². The normalized spacial score (nSPS) is 15.5. The van der Waals surface area contributed by atoms with Gasteiger partial charge < -0.3 is 14.6 Å². The van der Waals surface area contributed by atoms with Gasteiger partial charge in [0.15, 0.2) is 0 Å².